The van der Waals surface area contributed by atoms with E-state index in [0.717, 1.165) is 13.0 Å². The van der Waals surface area contributed by atoms with Crippen LogP contribution in [0.2, 0.25) is 0 Å². The van der Waals surface area contributed by atoms with Gasteiger partial charge in [-0.15, -0.1) is 0 Å². The Balaban J connectivity index is 2.20. The van der Waals surface area contributed by atoms with Gasteiger partial charge in [-0.25, -0.2) is 0 Å². The lowest BCUT2D eigenvalue weighted by molar-refractivity contribution is 0.133. The van der Waals surface area contributed by atoms with Crippen LogP contribution in [0.4, 0.5) is 0 Å². The summed E-state index contributed by atoms with van der Waals surface area (Å²) in [6, 6.07) is 0. The molecule has 0 aromatic rings. The Bertz CT molecular complexity index is 204. The standard InChI is InChI=1S/C9H19N2O3P/c1-4-13-15(12-3)14-8(2)7-9-10-5-6-11-9/h5,8-9,11H,4,6-7H2,1-3H3/t8-,9?,15?/m0/s1. The van der Waals surface area contributed by atoms with Crippen molar-refractivity contribution in [3.63, 3.8) is 0 Å². The van der Waals surface area contributed by atoms with E-state index >= 15 is 0 Å². The van der Waals surface area contributed by atoms with E-state index < -0.39 is 8.60 Å². The summed E-state index contributed by atoms with van der Waals surface area (Å²) in [6.07, 6.45) is 2.98. The molecule has 88 valence electrons. The van der Waals surface area contributed by atoms with Gasteiger partial charge in [0.25, 0.3) is 0 Å². The Hall–Kier alpha value is -0.0600. The summed E-state index contributed by atoms with van der Waals surface area (Å²) < 4.78 is 16.0. The fourth-order valence-corrected chi connectivity index (χ4v) is 2.14. The monoisotopic (exact) mass is 234 g/mol. The van der Waals surface area contributed by atoms with Crippen molar-refractivity contribution in [1.82, 2.24) is 5.32 Å². The van der Waals surface area contributed by atoms with Crippen molar-refractivity contribution in [2.24, 2.45) is 4.99 Å². The molecular weight excluding hydrogens is 215 g/mol. The molecule has 0 fully saturated rings. The van der Waals surface area contributed by atoms with Crippen LogP contribution in [0.1, 0.15) is 20.3 Å². The second-order valence-electron chi connectivity index (χ2n) is 3.23. The number of aliphatic imine (C=N–C) groups is 1. The van der Waals surface area contributed by atoms with Crippen LogP contribution >= 0.6 is 8.60 Å². The third-order valence-electron chi connectivity index (χ3n) is 1.93. The van der Waals surface area contributed by atoms with Gasteiger partial charge in [-0.1, -0.05) is 0 Å². The molecule has 1 rings (SSSR count). The van der Waals surface area contributed by atoms with Crippen molar-refractivity contribution in [3.8, 4) is 0 Å². The highest BCUT2D eigenvalue weighted by Crippen LogP contribution is 2.40. The first kappa shape index (κ1) is 13.0. The van der Waals surface area contributed by atoms with Crippen LogP contribution in [-0.2, 0) is 13.6 Å². The van der Waals surface area contributed by atoms with Crippen molar-refractivity contribution in [2.45, 2.75) is 32.5 Å². The summed E-state index contributed by atoms with van der Waals surface area (Å²) in [5.74, 6) is 0. The van der Waals surface area contributed by atoms with Crippen LogP contribution in [-0.4, -0.2) is 38.7 Å². The van der Waals surface area contributed by atoms with E-state index in [0.29, 0.717) is 6.61 Å². The fraction of sp³-hybridized carbons (Fsp3) is 0.889. The summed E-state index contributed by atoms with van der Waals surface area (Å²) in [6.45, 7) is 5.38. The third-order valence-corrected chi connectivity index (χ3v) is 3.23. The van der Waals surface area contributed by atoms with Gasteiger partial charge in [-0.05, 0) is 13.8 Å². The van der Waals surface area contributed by atoms with Gasteiger partial charge in [0, 0.05) is 26.3 Å². The molecule has 3 atom stereocenters. The fourth-order valence-electron chi connectivity index (χ4n) is 1.30. The Kier molecular flexibility index (Phi) is 6.29. The van der Waals surface area contributed by atoms with Crippen molar-refractivity contribution in [1.29, 1.82) is 0 Å². The van der Waals surface area contributed by atoms with Gasteiger partial charge < -0.3 is 13.6 Å². The summed E-state index contributed by atoms with van der Waals surface area (Å²) in [5.41, 5.74) is 0. The van der Waals surface area contributed by atoms with Crippen molar-refractivity contribution < 1.29 is 13.6 Å². The molecule has 2 unspecified atom stereocenters. The number of nitrogens with one attached hydrogen (secondary N) is 1. The zero-order valence-corrected chi connectivity index (χ0v) is 10.4. The molecule has 1 N–H and O–H groups in total. The molecule has 0 radical (unpaired) electrons. The van der Waals surface area contributed by atoms with E-state index in [1.54, 1.807) is 7.11 Å². The van der Waals surface area contributed by atoms with Crippen LogP contribution in [0, 0.1) is 0 Å². The maximum Gasteiger partial charge on any atom is 0.332 e. The molecule has 0 bridgehead atoms. The predicted octanol–water partition coefficient (Wildman–Crippen LogP) is 1.69. The van der Waals surface area contributed by atoms with E-state index in [-0.39, 0.29) is 12.3 Å². The molecule has 5 nitrogen and oxygen atoms in total. The first-order valence-electron chi connectivity index (χ1n) is 5.15. The molecule has 0 aliphatic carbocycles. The Morgan fingerprint density at radius 2 is 2.47 bits per heavy atom. The smallest absolute Gasteiger partial charge is 0.316 e. The van der Waals surface area contributed by atoms with E-state index in [1.807, 2.05) is 20.1 Å². The quantitative estimate of drug-likeness (QED) is 0.681. The van der Waals surface area contributed by atoms with Crippen LogP contribution in [0.15, 0.2) is 4.99 Å². The molecule has 0 amide bonds. The zero-order chi connectivity index (χ0) is 11.1. The predicted molar refractivity (Wildman–Crippen MR) is 61.0 cm³/mol. The van der Waals surface area contributed by atoms with E-state index in [9.17, 15) is 0 Å². The Morgan fingerprint density at radius 3 is 3.00 bits per heavy atom. The maximum absolute atomic E-state index is 5.61. The molecule has 1 heterocycles. The second kappa shape index (κ2) is 7.25. The van der Waals surface area contributed by atoms with Gasteiger partial charge in [0.1, 0.15) is 6.17 Å². The molecular formula is C9H19N2O3P. The largest absolute Gasteiger partial charge is 0.332 e. The van der Waals surface area contributed by atoms with Gasteiger partial charge in [0.15, 0.2) is 0 Å². The molecule has 6 heteroatoms. The summed E-state index contributed by atoms with van der Waals surface area (Å²) >= 11 is 0. The summed E-state index contributed by atoms with van der Waals surface area (Å²) in [7, 11) is 0.399. The molecule has 1 aliphatic heterocycles. The van der Waals surface area contributed by atoms with Crippen LogP contribution in [0.5, 0.6) is 0 Å². The average molecular weight is 234 g/mol. The summed E-state index contributed by atoms with van der Waals surface area (Å²) in [5, 5.41) is 3.23. The lowest BCUT2D eigenvalue weighted by Gasteiger charge is -2.20. The molecule has 0 spiro atoms. The number of hydrogen-bond acceptors (Lipinski definition) is 5. The highest BCUT2D eigenvalue weighted by molar-refractivity contribution is 7.41. The Labute approximate surface area is 92.2 Å². The van der Waals surface area contributed by atoms with E-state index in [2.05, 4.69) is 10.3 Å². The van der Waals surface area contributed by atoms with Gasteiger partial charge >= 0.3 is 8.60 Å². The van der Waals surface area contributed by atoms with Gasteiger partial charge in [-0.2, -0.15) is 0 Å². The highest BCUT2D eigenvalue weighted by Gasteiger charge is 2.19. The number of hydrogen-bond donors (Lipinski definition) is 1. The zero-order valence-electron chi connectivity index (χ0n) is 9.47. The molecule has 0 saturated heterocycles. The number of nitrogens with zero attached hydrogens (tertiary/aromatic N) is 1. The lowest BCUT2D eigenvalue weighted by atomic mass is 10.2. The normalized spacial score (nSPS) is 24.3. The first-order valence-corrected chi connectivity index (χ1v) is 6.24. The molecule has 0 aromatic carbocycles. The SMILES string of the molecule is CCOP(OC)O[C@@H](C)CC1N=CCN1. The topological polar surface area (TPSA) is 52.1 Å². The molecule has 0 aromatic heterocycles. The lowest BCUT2D eigenvalue weighted by Crippen LogP contribution is -2.26. The maximum atomic E-state index is 5.61. The van der Waals surface area contributed by atoms with Crippen molar-refractivity contribution in [3.05, 3.63) is 0 Å². The number of rotatable bonds is 7. The van der Waals surface area contributed by atoms with E-state index in [1.165, 1.54) is 0 Å². The molecule has 1 aliphatic rings. The average Bonchev–Trinajstić information content (AvgIpc) is 2.69. The van der Waals surface area contributed by atoms with Gasteiger partial charge in [-0.3, -0.25) is 10.3 Å². The second-order valence-corrected chi connectivity index (χ2v) is 4.51. The summed E-state index contributed by atoms with van der Waals surface area (Å²) in [4.78, 5) is 4.26. The third kappa shape index (κ3) is 5.00. The highest BCUT2D eigenvalue weighted by atomic mass is 31.2. The van der Waals surface area contributed by atoms with E-state index in [4.69, 9.17) is 13.6 Å². The van der Waals surface area contributed by atoms with Crippen LogP contribution < -0.4 is 5.32 Å². The van der Waals surface area contributed by atoms with Crippen molar-refractivity contribution >= 4 is 14.8 Å². The Morgan fingerprint density at radius 1 is 1.67 bits per heavy atom. The van der Waals surface area contributed by atoms with Gasteiger partial charge in [0.05, 0.1) is 12.7 Å². The molecule has 15 heavy (non-hydrogen) atoms. The first-order chi connectivity index (χ1) is 7.26. The van der Waals surface area contributed by atoms with Crippen LogP contribution in [0.25, 0.3) is 0 Å². The van der Waals surface area contributed by atoms with Crippen LogP contribution in [0.3, 0.4) is 0 Å². The minimum atomic E-state index is -1.20. The minimum absolute atomic E-state index is 0.0790. The van der Waals surface area contributed by atoms with Gasteiger partial charge in [0.2, 0.25) is 0 Å². The minimum Gasteiger partial charge on any atom is -0.316 e. The molecule has 0 saturated carbocycles. The van der Waals surface area contributed by atoms with Crippen molar-refractivity contribution in [2.75, 3.05) is 20.3 Å².